The van der Waals surface area contributed by atoms with Crippen LogP contribution < -0.4 is 0 Å². The molecule has 6 aliphatic carbocycles. The van der Waals surface area contributed by atoms with Gasteiger partial charge in [-0.05, 0) is 65.2 Å². The number of hydrogen-bond acceptors (Lipinski definition) is 1. The number of allylic oxidation sites excluding steroid dienone is 17. The quantitative estimate of drug-likeness (QED) is 0.386. The van der Waals surface area contributed by atoms with Crippen LogP contribution in [0.15, 0.2) is 132 Å². The normalized spacial score (nSPS) is 35.1. The highest BCUT2D eigenvalue weighted by atomic mass is 15.2. The smallest absolute Gasteiger partial charge is 0.0623 e. The molecule has 1 aromatic carbocycles. The molecule has 5 atom stereocenters. The van der Waals surface area contributed by atoms with E-state index in [0.29, 0.717) is 17.9 Å². The molecule has 194 valence electrons. The average Bonchev–Trinajstić information content (AvgIpc) is 3.30. The van der Waals surface area contributed by atoms with E-state index in [4.69, 9.17) is 0 Å². The van der Waals surface area contributed by atoms with E-state index in [2.05, 4.69) is 128 Å². The van der Waals surface area contributed by atoms with Crippen molar-refractivity contribution in [1.82, 2.24) is 4.90 Å². The third-order valence-corrected chi connectivity index (χ3v) is 10.5. The Labute approximate surface area is 233 Å². The van der Waals surface area contributed by atoms with Crippen molar-refractivity contribution in [3.8, 4) is 0 Å². The minimum absolute atomic E-state index is 0.0136. The molecular formula is C38H37N. The van der Waals surface area contributed by atoms with Crippen molar-refractivity contribution < 1.29 is 0 Å². The van der Waals surface area contributed by atoms with Crippen LogP contribution in [0.5, 0.6) is 0 Å². The van der Waals surface area contributed by atoms with Crippen LogP contribution in [-0.4, -0.2) is 10.9 Å². The van der Waals surface area contributed by atoms with Crippen LogP contribution in [0.4, 0.5) is 0 Å². The number of hydrogen-bond donors (Lipinski definition) is 0. The lowest BCUT2D eigenvalue weighted by atomic mass is 9.59. The van der Waals surface area contributed by atoms with Crippen LogP contribution in [0.3, 0.4) is 0 Å². The molecule has 0 aromatic heterocycles. The van der Waals surface area contributed by atoms with Gasteiger partial charge < -0.3 is 4.90 Å². The largest absolute Gasteiger partial charge is 0.341 e. The topological polar surface area (TPSA) is 3.24 Å². The lowest BCUT2D eigenvalue weighted by Gasteiger charge is -2.45. The molecule has 0 saturated heterocycles. The van der Waals surface area contributed by atoms with Crippen LogP contribution in [0.1, 0.15) is 62.6 Å². The summed E-state index contributed by atoms with van der Waals surface area (Å²) >= 11 is 0. The molecule has 0 fully saturated rings. The van der Waals surface area contributed by atoms with Crippen molar-refractivity contribution >= 4 is 5.57 Å². The number of fused-ring (bicyclic) bond motifs is 7. The zero-order chi connectivity index (χ0) is 26.2. The third kappa shape index (κ3) is 3.32. The van der Waals surface area contributed by atoms with Crippen molar-refractivity contribution in [2.45, 2.75) is 62.8 Å². The Morgan fingerprint density at radius 3 is 2.59 bits per heavy atom. The second-order valence-corrected chi connectivity index (χ2v) is 12.8. The molecule has 0 bridgehead atoms. The maximum absolute atomic E-state index is 2.70. The Kier molecular flexibility index (Phi) is 5.06. The van der Waals surface area contributed by atoms with Crippen LogP contribution >= 0.6 is 0 Å². The predicted octanol–water partition coefficient (Wildman–Crippen LogP) is 8.94. The summed E-state index contributed by atoms with van der Waals surface area (Å²) in [6.07, 6.45) is 40.9. The van der Waals surface area contributed by atoms with E-state index in [-0.39, 0.29) is 10.8 Å². The SMILES string of the molecule is CC12C=CC=CC1C1=C(CCC=C1)c1cc([C@]3(C)C=CC4=C(C3)N(C3=CC=CCC3)C3C=CC=CC43)ccc12. The molecule has 1 nitrogen and oxygen atoms in total. The summed E-state index contributed by atoms with van der Waals surface area (Å²) in [6.45, 7) is 4.90. The number of nitrogens with zero attached hydrogens (tertiary/aromatic N) is 1. The van der Waals surface area contributed by atoms with Gasteiger partial charge >= 0.3 is 0 Å². The highest BCUT2D eigenvalue weighted by Gasteiger charge is 2.45. The lowest BCUT2D eigenvalue weighted by molar-refractivity contribution is 0.331. The lowest BCUT2D eigenvalue weighted by Crippen LogP contribution is -2.37. The fraction of sp³-hybridized carbons (Fsp3) is 0.316. The fourth-order valence-electron chi connectivity index (χ4n) is 8.37. The van der Waals surface area contributed by atoms with Gasteiger partial charge in [-0.2, -0.15) is 0 Å². The van der Waals surface area contributed by atoms with Gasteiger partial charge in [0.2, 0.25) is 0 Å². The second kappa shape index (κ2) is 8.46. The average molecular weight is 508 g/mol. The van der Waals surface area contributed by atoms with Gasteiger partial charge in [0.25, 0.3) is 0 Å². The molecular weight excluding hydrogens is 470 g/mol. The maximum Gasteiger partial charge on any atom is 0.0623 e. The molecule has 0 saturated carbocycles. The number of rotatable bonds is 2. The van der Waals surface area contributed by atoms with Crippen molar-refractivity contribution in [3.63, 3.8) is 0 Å². The van der Waals surface area contributed by atoms with E-state index >= 15 is 0 Å². The molecule has 7 aliphatic rings. The molecule has 4 unspecified atom stereocenters. The summed E-state index contributed by atoms with van der Waals surface area (Å²) in [7, 11) is 0. The van der Waals surface area contributed by atoms with Gasteiger partial charge in [0.05, 0.1) is 6.04 Å². The zero-order valence-electron chi connectivity index (χ0n) is 23.1. The van der Waals surface area contributed by atoms with Gasteiger partial charge in [-0.1, -0.05) is 117 Å². The van der Waals surface area contributed by atoms with Crippen molar-refractivity contribution in [2.24, 2.45) is 11.8 Å². The Bertz CT molecular complexity index is 1580. The molecule has 1 heteroatoms. The van der Waals surface area contributed by atoms with Crippen LogP contribution in [0.25, 0.3) is 5.57 Å². The van der Waals surface area contributed by atoms with Gasteiger partial charge in [-0.15, -0.1) is 0 Å². The van der Waals surface area contributed by atoms with Gasteiger partial charge in [-0.25, -0.2) is 0 Å². The van der Waals surface area contributed by atoms with E-state index in [1.807, 2.05) is 0 Å². The highest BCUT2D eigenvalue weighted by molar-refractivity contribution is 5.80. The number of benzene rings is 1. The molecule has 1 aliphatic heterocycles. The van der Waals surface area contributed by atoms with Gasteiger partial charge in [0.1, 0.15) is 0 Å². The third-order valence-electron chi connectivity index (χ3n) is 10.5. The first-order valence-corrected chi connectivity index (χ1v) is 14.9. The van der Waals surface area contributed by atoms with Crippen molar-refractivity contribution in [3.05, 3.63) is 149 Å². The molecule has 0 amide bonds. The molecule has 0 spiro atoms. The van der Waals surface area contributed by atoms with Crippen LogP contribution in [-0.2, 0) is 10.8 Å². The Morgan fingerprint density at radius 1 is 0.821 bits per heavy atom. The van der Waals surface area contributed by atoms with Gasteiger partial charge in [0.15, 0.2) is 0 Å². The van der Waals surface area contributed by atoms with Crippen molar-refractivity contribution in [1.29, 1.82) is 0 Å². The fourth-order valence-corrected chi connectivity index (χ4v) is 8.37. The highest BCUT2D eigenvalue weighted by Crippen LogP contribution is 2.54. The molecule has 1 aromatic rings. The minimum Gasteiger partial charge on any atom is -0.341 e. The summed E-state index contributed by atoms with van der Waals surface area (Å²) in [6, 6.07) is 7.89. The van der Waals surface area contributed by atoms with Crippen LogP contribution in [0.2, 0.25) is 0 Å². The van der Waals surface area contributed by atoms with E-state index in [1.165, 1.54) is 39.2 Å². The standard InChI is InChI=1S/C38H37N/c1-37(23-21-31-30-16-8-9-18-35(30)39(36(31)25-37)27-12-4-3-5-13-27)26-19-20-34-32(24-26)28-14-6-7-15-29(28)33-17-10-11-22-38(33,34)2/h3-4,7-12,15-24,30,33,35H,5-6,13-14,25H2,1-2H3/t30?,33?,35?,37-,38?/m1/s1. The Balaban J connectivity index is 1.22. The zero-order valence-corrected chi connectivity index (χ0v) is 23.1. The second-order valence-electron chi connectivity index (χ2n) is 12.8. The van der Waals surface area contributed by atoms with Gasteiger partial charge in [-0.3, -0.25) is 0 Å². The predicted molar refractivity (Wildman–Crippen MR) is 163 cm³/mol. The summed E-state index contributed by atoms with van der Waals surface area (Å²) in [5.41, 5.74) is 12.0. The first-order valence-electron chi connectivity index (χ1n) is 14.9. The summed E-state index contributed by atoms with van der Waals surface area (Å²) in [5, 5.41) is 0. The van der Waals surface area contributed by atoms with Crippen LogP contribution in [0, 0.1) is 11.8 Å². The summed E-state index contributed by atoms with van der Waals surface area (Å²) < 4.78 is 0. The monoisotopic (exact) mass is 507 g/mol. The van der Waals surface area contributed by atoms with E-state index in [1.54, 1.807) is 5.57 Å². The minimum atomic E-state index is -0.0383. The van der Waals surface area contributed by atoms with E-state index < -0.39 is 0 Å². The van der Waals surface area contributed by atoms with E-state index in [0.717, 1.165) is 32.1 Å². The van der Waals surface area contributed by atoms with Gasteiger partial charge in [0, 0.05) is 40.5 Å². The summed E-state index contributed by atoms with van der Waals surface area (Å²) in [5.74, 6) is 0.880. The van der Waals surface area contributed by atoms with Crippen molar-refractivity contribution in [2.75, 3.05) is 0 Å². The Hall–Kier alpha value is -3.58. The Morgan fingerprint density at radius 2 is 1.69 bits per heavy atom. The van der Waals surface area contributed by atoms with E-state index in [9.17, 15) is 0 Å². The summed E-state index contributed by atoms with van der Waals surface area (Å²) in [4.78, 5) is 2.70. The molecule has 0 radical (unpaired) electrons. The maximum atomic E-state index is 2.70. The molecule has 0 N–H and O–H groups in total. The molecule has 39 heavy (non-hydrogen) atoms. The first kappa shape index (κ1) is 23.3. The first-order chi connectivity index (χ1) is 19.1. The molecule has 8 rings (SSSR count). The molecule has 1 heterocycles.